The Bertz CT molecular complexity index is 427. The molecule has 0 spiro atoms. The summed E-state index contributed by atoms with van der Waals surface area (Å²) < 4.78 is 30.8. The van der Waals surface area contributed by atoms with Crippen LogP contribution in [-0.2, 0) is 18.8 Å². The molecular weight excluding hydrogens is 274 g/mol. The Kier molecular flexibility index (Phi) is 5.76. The molecule has 0 unspecified atom stereocenters. The molecule has 0 radical (unpaired) electrons. The van der Waals surface area contributed by atoms with Gasteiger partial charge in [0.1, 0.15) is 5.73 Å². The average Bonchev–Trinajstić information content (AvgIpc) is 2.59. The maximum atomic E-state index is 14.7. The fraction of sp³-hybridized carbons (Fsp3) is 0.667. The molecule has 0 aliphatic carbocycles. The lowest BCUT2D eigenvalue weighted by molar-refractivity contribution is -0.138. The van der Waals surface area contributed by atoms with Crippen LogP contribution in [0.5, 0.6) is 0 Å². The van der Waals surface area contributed by atoms with Crippen molar-refractivity contribution in [2.75, 3.05) is 6.61 Å². The first-order valence-electron chi connectivity index (χ1n) is 7.18. The van der Waals surface area contributed by atoms with Gasteiger partial charge in [-0.2, -0.15) is 0 Å². The lowest BCUT2D eigenvalue weighted by Crippen LogP contribution is -2.41. The van der Waals surface area contributed by atoms with Crippen molar-refractivity contribution in [1.29, 1.82) is 0 Å². The summed E-state index contributed by atoms with van der Waals surface area (Å²) in [5.74, 6) is -0.674. The van der Waals surface area contributed by atoms with E-state index >= 15 is 0 Å². The fourth-order valence-electron chi connectivity index (χ4n) is 1.87. The summed E-state index contributed by atoms with van der Waals surface area (Å²) in [5.41, 5.74) is -2.08. The van der Waals surface area contributed by atoms with Gasteiger partial charge in [-0.05, 0) is 47.5 Å². The molecule has 0 aromatic rings. The van der Waals surface area contributed by atoms with Crippen molar-refractivity contribution in [3.63, 3.8) is 0 Å². The van der Waals surface area contributed by atoms with Crippen molar-refractivity contribution in [2.24, 2.45) is 0 Å². The van der Waals surface area contributed by atoms with E-state index in [1.54, 1.807) is 13.0 Å². The molecular formula is C15H24BFO4. The molecule has 0 aromatic heterocycles. The van der Waals surface area contributed by atoms with Gasteiger partial charge in [0.2, 0.25) is 0 Å². The Labute approximate surface area is 126 Å². The third-order valence-corrected chi connectivity index (χ3v) is 3.87. The highest BCUT2D eigenvalue weighted by Gasteiger charge is 2.53. The standard InChI is InChI=1S/C15H24BFO4/c1-7-9-10-11(13(18)19-8-2)12(17)16-20-14(3,4)15(5,6)21-16/h7H,1,8-10H2,2-6H3. The molecule has 1 rings (SSSR count). The highest BCUT2D eigenvalue weighted by atomic mass is 19.1. The second kappa shape index (κ2) is 6.75. The number of halogens is 1. The van der Waals surface area contributed by atoms with Gasteiger partial charge in [0, 0.05) is 0 Å². The van der Waals surface area contributed by atoms with Gasteiger partial charge in [-0.15, -0.1) is 6.58 Å². The summed E-state index contributed by atoms with van der Waals surface area (Å²) in [5, 5.41) is 0. The van der Waals surface area contributed by atoms with Crippen molar-refractivity contribution >= 4 is 13.1 Å². The second-order valence-corrected chi connectivity index (χ2v) is 5.96. The van der Waals surface area contributed by atoms with Gasteiger partial charge in [0.05, 0.1) is 23.4 Å². The van der Waals surface area contributed by atoms with Crippen LogP contribution >= 0.6 is 0 Å². The van der Waals surface area contributed by atoms with E-state index in [1.165, 1.54) is 0 Å². The number of hydrogen-bond donors (Lipinski definition) is 0. The Balaban J connectivity index is 3.04. The zero-order chi connectivity index (χ0) is 16.3. The van der Waals surface area contributed by atoms with Crippen LogP contribution in [0.1, 0.15) is 47.5 Å². The molecule has 0 amide bonds. The quantitative estimate of drug-likeness (QED) is 0.326. The Morgan fingerprint density at radius 1 is 1.29 bits per heavy atom. The van der Waals surface area contributed by atoms with Crippen LogP contribution in [0.4, 0.5) is 4.39 Å². The molecule has 0 saturated carbocycles. The van der Waals surface area contributed by atoms with Gasteiger partial charge in [-0.1, -0.05) is 6.08 Å². The summed E-state index contributed by atoms with van der Waals surface area (Å²) in [4.78, 5) is 11.9. The first kappa shape index (κ1) is 17.9. The van der Waals surface area contributed by atoms with E-state index in [-0.39, 0.29) is 18.6 Å². The largest absolute Gasteiger partial charge is 0.525 e. The molecule has 1 saturated heterocycles. The Morgan fingerprint density at radius 2 is 1.81 bits per heavy atom. The lowest BCUT2D eigenvalue weighted by atomic mass is 9.83. The molecule has 1 heterocycles. The summed E-state index contributed by atoms with van der Waals surface area (Å²) in [7, 11) is -1.18. The van der Waals surface area contributed by atoms with E-state index in [0.29, 0.717) is 6.42 Å². The van der Waals surface area contributed by atoms with E-state index in [9.17, 15) is 9.18 Å². The molecule has 0 bridgehead atoms. The Morgan fingerprint density at radius 3 is 2.24 bits per heavy atom. The molecule has 0 aromatic carbocycles. The highest BCUT2D eigenvalue weighted by molar-refractivity contribution is 6.54. The monoisotopic (exact) mass is 298 g/mol. The normalized spacial score (nSPS) is 21.0. The summed E-state index contributed by atoms with van der Waals surface area (Å²) in [6.45, 7) is 12.8. The predicted octanol–water partition coefficient (Wildman–Crippen LogP) is 3.37. The topological polar surface area (TPSA) is 44.8 Å². The van der Waals surface area contributed by atoms with Crippen LogP contribution in [0.2, 0.25) is 0 Å². The molecule has 118 valence electrons. The van der Waals surface area contributed by atoms with Gasteiger partial charge in [-0.3, -0.25) is 0 Å². The minimum absolute atomic E-state index is 0.0461. The minimum atomic E-state index is -1.18. The Hall–Kier alpha value is -1.14. The zero-order valence-electron chi connectivity index (χ0n) is 13.5. The van der Waals surface area contributed by atoms with Crippen LogP contribution in [0.25, 0.3) is 0 Å². The molecule has 0 N–H and O–H groups in total. The van der Waals surface area contributed by atoms with Crippen molar-refractivity contribution < 1.29 is 23.2 Å². The second-order valence-electron chi connectivity index (χ2n) is 5.96. The highest BCUT2D eigenvalue weighted by Crippen LogP contribution is 2.39. The van der Waals surface area contributed by atoms with Crippen LogP contribution in [0.3, 0.4) is 0 Å². The van der Waals surface area contributed by atoms with Crippen molar-refractivity contribution in [2.45, 2.75) is 58.7 Å². The summed E-state index contributed by atoms with van der Waals surface area (Å²) in [6.07, 6.45) is 2.30. The summed E-state index contributed by atoms with van der Waals surface area (Å²) >= 11 is 0. The molecule has 1 aliphatic heterocycles. The van der Waals surface area contributed by atoms with Crippen LogP contribution < -0.4 is 0 Å². The van der Waals surface area contributed by atoms with Gasteiger partial charge in [-0.25, -0.2) is 9.18 Å². The molecule has 1 aliphatic rings. The van der Waals surface area contributed by atoms with Gasteiger partial charge < -0.3 is 14.0 Å². The number of allylic oxidation sites excluding steroid dienone is 1. The van der Waals surface area contributed by atoms with Crippen LogP contribution in [0, 0.1) is 0 Å². The van der Waals surface area contributed by atoms with E-state index in [4.69, 9.17) is 14.0 Å². The number of rotatable bonds is 6. The number of hydrogen-bond acceptors (Lipinski definition) is 4. The predicted molar refractivity (Wildman–Crippen MR) is 80.3 cm³/mol. The third-order valence-electron chi connectivity index (χ3n) is 3.87. The number of esters is 1. The van der Waals surface area contributed by atoms with Crippen LogP contribution in [-0.4, -0.2) is 30.9 Å². The first-order chi connectivity index (χ1) is 9.66. The smallest absolute Gasteiger partial charge is 0.463 e. The van der Waals surface area contributed by atoms with Crippen molar-refractivity contribution in [3.8, 4) is 0 Å². The van der Waals surface area contributed by atoms with E-state index in [1.807, 2.05) is 27.7 Å². The molecule has 0 atom stereocenters. The number of carbonyl (C=O) groups excluding carboxylic acids is 1. The minimum Gasteiger partial charge on any atom is -0.463 e. The first-order valence-corrected chi connectivity index (χ1v) is 7.18. The lowest BCUT2D eigenvalue weighted by Gasteiger charge is -2.32. The van der Waals surface area contributed by atoms with E-state index < -0.39 is 30.0 Å². The molecule has 21 heavy (non-hydrogen) atoms. The van der Waals surface area contributed by atoms with Crippen molar-refractivity contribution in [3.05, 3.63) is 24.0 Å². The average molecular weight is 298 g/mol. The fourth-order valence-corrected chi connectivity index (χ4v) is 1.87. The van der Waals surface area contributed by atoms with Crippen molar-refractivity contribution in [1.82, 2.24) is 0 Å². The maximum Gasteiger partial charge on any atom is 0.525 e. The van der Waals surface area contributed by atoms with Gasteiger partial charge >= 0.3 is 13.1 Å². The van der Waals surface area contributed by atoms with Crippen LogP contribution in [0.15, 0.2) is 24.0 Å². The van der Waals surface area contributed by atoms with Gasteiger partial charge in [0.25, 0.3) is 0 Å². The van der Waals surface area contributed by atoms with Gasteiger partial charge in [0.15, 0.2) is 0 Å². The molecule has 4 nitrogen and oxygen atoms in total. The summed E-state index contributed by atoms with van der Waals surface area (Å²) in [6, 6.07) is 0. The number of ether oxygens (including phenoxy) is 1. The third kappa shape index (κ3) is 3.95. The molecule has 6 heteroatoms. The number of carbonyl (C=O) groups is 1. The zero-order valence-corrected chi connectivity index (χ0v) is 13.5. The SMILES string of the molecule is C=CCCC(C(=O)OCC)=C(F)B1OC(C)(C)C(C)(C)O1. The van der Waals surface area contributed by atoms with E-state index in [0.717, 1.165) is 0 Å². The molecule has 1 fully saturated rings. The maximum absolute atomic E-state index is 14.7. The van der Waals surface area contributed by atoms with E-state index in [2.05, 4.69) is 6.58 Å².